The number of aromatic nitrogens is 1. The molecular weight excluding hydrogens is 372 g/mol. The number of hydrogen-bond donors (Lipinski definition) is 1. The zero-order valence-corrected chi connectivity index (χ0v) is 19.9. The van der Waals surface area contributed by atoms with Crippen molar-refractivity contribution in [1.82, 2.24) is 4.57 Å². The highest BCUT2D eigenvalue weighted by Crippen LogP contribution is 2.36. The quantitative estimate of drug-likeness (QED) is 0.316. The highest BCUT2D eigenvalue weighted by Gasteiger charge is 2.36. The SMILES string of the molecule is CCCn1c(-c2ccccc2)cc2cc(NCCO[Si](C)(C)C(C)(C)C)ccc21. The largest absolute Gasteiger partial charge is 0.415 e. The molecule has 2 aromatic carbocycles. The predicted octanol–water partition coefficient (Wildman–Crippen LogP) is 7.15. The van der Waals surface area contributed by atoms with E-state index in [0.29, 0.717) is 0 Å². The molecule has 0 bridgehead atoms. The van der Waals surface area contributed by atoms with Gasteiger partial charge >= 0.3 is 0 Å². The minimum atomic E-state index is -1.68. The van der Waals surface area contributed by atoms with Crippen LogP contribution in [0, 0.1) is 0 Å². The van der Waals surface area contributed by atoms with E-state index in [1.165, 1.54) is 22.2 Å². The van der Waals surface area contributed by atoms with Crippen LogP contribution in [0.5, 0.6) is 0 Å². The average molecular weight is 409 g/mol. The fraction of sp³-hybridized carbons (Fsp3) is 0.440. The summed E-state index contributed by atoms with van der Waals surface area (Å²) in [6.45, 7) is 16.3. The minimum absolute atomic E-state index is 0.252. The van der Waals surface area contributed by atoms with Crippen molar-refractivity contribution >= 4 is 24.9 Å². The molecule has 0 amide bonds. The summed E-state index contributed by atoms with van der Waals surface area (Å²) >= 11 is 0. The predicted molar refractivity (Wildman–Crippen MR) is 129 cm³/mol. The van der Waals surface area contributed by atoms with E-state index in [1.54, 1.807) is 0 Å². The van der Waals surface area contributed by atoms with Crippen LogP contribution in [-0.2, 0) is 11.0 Å². The molecule has 3 nitrogen and oxygen atoms in total. The molecule has 0 saturated carbocycles. The van der Waals surface area contributed by atoms with Gasteiger partial charge < -0.3 is 14.3 Å². The van der Waals surface area contributed by atoms with Gasteiger partial charge in [-0.1, -0.05) is 58.0 Å². The fourth-order valence-corrected chi connectivity index (χ4v) is 4.46. The summed E-state index contributed by atoms with van der Waals surface area (Å²) < 4.78 is 8.73. The van der Waals surface area contributed by atoms with Crippen molar-refractivity contribution in [2.24, 2.45) is 0 Å². The Bertz CT molecular complexity index is 939. The second-order valence-corrected chi connectivity index (χ2v) is 14.2. The van der Waals surface area contributed by atoms with Gasteiger partial charge in [-0.25, -0.2) is 0 Å². The minimum Gasteiger partial charge on any atom is -0.415 e. The van der Waals surface area contributed by atoms with Crippen LogP contribution in [0.2, 0.25) is 18.1 Å². The average Bonchev–Trinajstić information content (AvgIpc) is 3.03. The molecule has 0 aliphatic heterocycles. The molecule has 0 fully saturated rings. The lowest BCUT2D eigenvalue weighted by Crippen LogP contribution is -2.41. The Kier molecular flexibility index (Phi) is 6.54. The van der Waals surface area contributed by atoms with Crippen LogP contribution in [-0.4, -0.2) is 26.0 Å². The van der Waals surface area contributed by atoms with Crippen LogP contribution < -0.4 is 5.32 Å². The van der Waals surface area contributed by atoms with Crippen molar-refractivity contribution in [2.45, 2.75) is 58.8 Å². The molecule has 156 valence electrons. The summed E-state index contributed by atoms with van der Waals surface area (Å²) in [6.07, 6.45) is 1.12. The monoisotopic (exact) mass is 408 g/mol. The molecule has 0 spiro atoms. The highest BCUT2D eigenvalue weighted by atomic mass is 28.4. The van der Waals surface area contributed by atoms with Crippen LogP contribution in [0.4, 0.5) is 5.69 Å². The van der Waals surface area contributed by atoms with Gasteiger partial charge in [-0.3, -0.25) is 0 Å². The Morgan fingerprint density at radius 3 is 2.38 bits per heavy atom. The van der Waals surface area contributed by atoms with E-state index in [-0.39, 0.29) is 5.04 Å². The van der Waals surface area contributed by atoms with Crippen molar-refractivity contribution < 1.29 is 4.43 Å². The van der Waals surface area contributed by atoms with Crippen LogP contribution in [0.15, 0.2) is 54.6 Å². The van der Waals surface area contributed by atoms with Crippen molar-refractivity contribution in [2.75, 3.05) is 18.5 Å². The van der Waals surface area contributed by atoms with Gasteiger partial charge in [0.15, 0.2) is 8.32 Å². The molecule has 1 N–H and O–H groups in total. The molecule has 0 aliphatic carbocycles. The number of anilines is 1. The van der Waals surface area contributed by atoms with Crippen LogP contribution in [0.25, 0.3) is 22.2 Å². The Morgan fingerprint density at radius 2 is 1.72 bits per heavy atom. The summed E-state index contributed by atoms with van der Waals surface area (Å²) in [6, 6.07) is 19.7. The number of benzene rings is 2. The number of nitrogens with zero attached hydrogens (tertiary/aromatic N) is 1. The van der Waals surface area contributed by atoms with Gasteiger partial charge in [-0.15, -0.1) is 0 Å². The normalized spacial score (nSPS) is 12.5. The van der Waals surface area contributed by atoms with Crippen LogP contribution in [0.1, 0.15) is 34.1 Å². The Hall–Kier alpha value is -2.04. The van der Waals surface area contributed by atoms with E-state index in [4.69, 9.17) is 4.43 Å². The Morgan fingerprint density at radius 1 is 1.00 bits per heavy atom. The second kappa shape index (κ2) is 8.76. The number of rotatable bonds is 8. The Labute approximate surface area is 177 Å². The molecule has 0 aliphatic rings. The van der Waals surface area contributed by atoms with E-state index < -0.39 is 8.32 Å². The standard InChI is InChI=1S/C25H36N2OSi/c1-7-16-27-23-14-13-22(26-15-17-28-29(5,6)25(2,3)4)18-21(23)19-24(27)20-11-9-8-10-12-20/h8-14,18-19,26H,7,15-17H2,1-6H3. The van der Waals surface area contributed by atoms with E-state index in [0.717, 1.165) is 31.8 Å². The van der Waals surface area contributed by atoms with Crippen molar-refractivity contribution in [3.05, 3.63) is 54.6 Å². The van der Waals surface area contributed by atoms with Crippen molar-refractivity contribution in [1.29, 1.82) is 0 Å². The summed E-state index contributed by atoms with van der Waals surface area (Å²) in [5.74, 6) is 0. The molecule has 0 radical (unpaired) electrons. The molecule has 1 aromatic heterocycles. The molecule has 3 rings (SSSR count). The van der Waals surface area contributed by atoms with Crippen LogP contribution in [0.3, 0.4) is 0 Å². The van der Waals surface area contributed by atoms with Crippen molar-refractivity contribution in [3.63, 3.8) is 0 Å². The maximum absolute atomic E-state index is 6.29. The van der Waals surface area contributed by atoms with Crippen molar-refractivity contribution in [3.8, 4) is 11.3 Å². The number of fused-ring (bicyclic) bond motifs is 1. The van der Waals surface area contributed by atoms with E-state index in [1.807, 2.05) is 0 Å². The number of aryl methyl sites for hydroxylation is 1. The van der Waals surface area contributed by atoms with E-state index in [9.17, 15) is 0 Å². The van der Waals surface area contributed by atoms with Gasteiger partial charge in [-0.2, -0.15) is 0 Å². The number of nitrogens with one attached hydrogen (secondary N) is 1. The first kappa shape index (κ1) is 21.7. The number of hydrogen-bond acceptors (Lipinski definition) is 2. The Balaban J connectivity index is 1.75. The third-order valence-electron chi connectivity index (χ3n) is 6.12. The molecular formula is C25H36N2OSi. The second-order valence-electron chi connectivity index (χ2n) is 9.36. The summed E-state index contributed by atoms with van der Waals surface area (Å²) in [7, 11) is -1.68. The van der Waals surface area contributed by atoms with Gasteiger partial charge in [0.2, 0.25) is 0 Å². The zero-order chi connectivity index (χ0) is 21.1. The molecule has 0 unspecified atom stereocenters. The topological polar surface area (TPSA) is 26.2 Å². The summed E-state index contributed by atoms with van der Waals surface area (Å²) in [5.41, 5.74) is 5.02. The molecule has 4 heteroatoms. The lowest BCUT2D eigenvalue weighted by Gasteiger charge is -2.36. The van der Waals surface area contributed by atoms with Gasteiger partial charge in [0, 0.05) is 35.4 Å². The third-order valence-corrected chi connectivity index (χ3v) is 10.7. The lowest BCUT2D eigenvalue weighted by atomic mass is 10.1. The first-order chi connectivity index (χ1) is 13.7. The first-order valence-corrected chi connectivity index (χ1v) is 13.7. The first-order valence-electron chi connectivity index (χ1n) is 10.8. The highest BCUT2D eigenvalue weighted by molar-refractivity contribution is 6.74. The maximum atomic E-state index is 6.29. The van der Waals surface area contributed by atoms with Gasteiger partial charge in [0.1, 0.15) is 0 Å². The zero-order valence-electron chi connectivity index (χ0n) is 18.9. The van der Waals surface area contributed by atoms with Gasteiger partial charge in [0.25, 0.3) is 0 Å². The fourth-order valence-electron chi connectivity index (χ4n) is 3.41. The van der Waals surface area contributed by atoms with Crippen LogP contribution >= 0.6 is 0 Å². The molecule has 29 heavy (non-hydrogen) atoms. The lowest BCUT2D eigenvalue weighted by molar-refractivity contribution is 0.301. The third kappa shape index (κ3) is 4.93. The molecule has 0 saturated heterocycles. The van der Waals surface area contributed by atoms with Gasteiger partial charge in [-0.05, 0) is 54.4 Å². The van der Waals surface area contributed by atoms with E-state index >= 15 is 0 Å². The van der Waals surface area contributed by atoms with E-state index in [2.05, 4.69) is 105 Å². The summed E-state index contributed by atoms with van der Waals surface area (Å²) in [4.78, 5) is 0. The maximum Gasteiger partial charge on any atom is 0.192 e. The molecule has 0 atom stereocenters. The molecule has 3 aromatic rings. The molecule has 1 heterocycles. The summed E-state index contributed by atoms with van der Waals surface area (Å²) in [5, 5.41) is 5.09. The van der Waals surface area contributed by atoms with Gasteiger partial charge in [0.05, 0.1) is 6.61 Å². The smallest absolute Gasteiger partial charge is 0.192 e.